The quantitative estimate of drug-likeness (QED) is 0.853. The zero-order chi connectivity index (χ0) is 17.9. The van der Waals surface area contributed by atoms with Gasteiger partial charge in [-0.25, -0.2) is 9.59 Å². The number of rotatable bonds is 4. The predicted molar refractivity (Wildman–Crippen MR) is 85.3 cm³/mol. The molecule has 0 aliphatic heterocycles. The fourth-order valence-corrected chi connectivity index (χ4v) is 2.28. The molecule has 0 saturated heterocycles. The summed E-state index contributed by atoms with van der Waals surface area (Å²) in [4.78, 5) is 36.3. The van der Waals surface area contributed by atoms with E-state index in [0.29, 0.717) is 0 Å². The second-order valence-electron chi connectivity index (χ2n) is 5.15. The van der Waals surface area contributed by atoms with Crippen LogP contribution in [0.15, 0.2) is 35.1 Å². The summed E-state index contributed by atoms with van der Waals surface area (Å²) in [7, 11) is 2.23. The molecular formula is C17H17NO6. The van der Waals surface area contributed by atoms with Gasteiger partial charge in [0.05, 0.1) is 20.8 Å². The summed E-state index contributed by atoms with van der Waals surface area (Å²) in [5.74, 6) is -2.49. The topological polar surface area (TPSA) is 94.8 Å². The summed E-state index contributed by atoms with van der Waals surface area (Å²) in [6, 6.07) is 8.19. The lowest BCUT2D eigenvalue weighted by Crippen LogP contribution is -2.30. The van der Waals surface area contributed by atoms with Crippen LogP contribution < -0.4 is 5.56 Å². The van der Waals surface area contributed by atoms with Crippen LogP contribution in [-0.4, -0.2) is 35.8 Å². The third-order valence-corrected chi connectivity index (χ3v) is 3.52. The lowest BCUT2D eigenvalue weighted by molar-refractivity contribution is 0.0540. The van der Waals surface area contributed by atoms with E-state index in [2.05, 4.69) is 9.47 Å². The van der Waals surface area contributed by atoms with Crippen LogP contribution in [0, 0.1) is 6.92 Å². The molecule has 24 heavy (non-hydrogen) atoms. The van der Waals surface area contributed by atoms with Crippen LogP contribution in [-0.2, 0) is 16.0 Å². The normalized spacial score (nSPS) is 10.3. The summed E-state index contributed by atoms with van der Waals surface area (Å²) in [5, 5.41) is 9.92. The number of carbonyl (C=O) groups is 2. The second-order valence-corrected chi connectivity index (χ2v) is 5.15. The van der Waals surface area contributed by atoms with Gasteiger partial charge in [0.2, 0.25) is 0 Å². The fraction of sp³-hybridized carbons (Fsp3) is 0.235. The number of nitrogens with zero attached hydrogens (tertiary/aromatic N) is 1. The largest absolute Gasteiger partial charge is 0.507 e. The van der Waals surface area contributed by atoms with Gasteiger partial charge in [-0.3, -0.25) is 9.36 Å². The Morgan fingerprint density at radius 1 is 1.08 bits per heavy atom. The van der Waals surface area contributed by atoms with Gasteiger partial charge in [0.15, 0.2) is 0 Å². The highest BCUT2D eigenvalue weighted by atomic mass is 16.5. The Hall–Kier alpha value is -3.09. The van der Waals surface area contributed by atoms with E-state index in [1.807, 2.05) is 19.1 Å². The molecule has 1 N–H and O–H groups in total. The van der Waals surface area contributed by atoms with E-state index in [1.54, 1.807) is 12.1 Å². The van der Waals surface area contributed by atoms with E-state index >= 15 is 0 Å². The van der Waals surface area contributed by atoms with E-state index in [4.69, 9.17) is 0 Å². The molecule has 0 amide bonds. The van der Waals surface area contributed by atoms with Gasteiger partial charge in [0, 0.05) is 6.07 Å². The lowest BCUT2D eigenvalue weighted by atomic mass is 10.1. The van der Waals surface area contributed by atoms with Gasteiger partial charge in [-0.05, 0) is 12.5 Å². The maximum Gasteiger partial charge on any atom is 0.355 e. The highest BCUT2D eigenvalue weighted by Crippen LogP contribution is 2.22. The number of esters is 2. The first-order chi connectivity index (χ1) is 11.4. The molecule has 0 saturated carbocycles. The van der Waals surface area contributed by atoms with Crippen molar-refractivity contribution in [3.05, 3.63) is 63.1 Å². The van der Waals surface area contributed by atoms with Crippen LogP contribution in [0.5, 0.6) is 5.75 Å². The smallest absolute Gasteiger partial charge is 0.355 e. The molecule has 0 aliphatic rings. The molecule has 0 fully saturated rings. The van der Waals surface area contributed by atoms with Crippen molar-refractivity contribution >= 4 is 11.9 Å². The Labute approximate surface area is 138 Å². The first-order valence-electron chi connectivity index (χ1n) is 7.08. The minimum absolute atomic E-state index is 0.0355. The van der Waals surface area contributed by atoms with Crippen molar-refractivity contribution in [2.75, 3.05) is 14.2 Å². The van der Waals surface area contributed by atoms with E-state index in [1.165, 1.54) is 0 Å². The van der Waals surface area contributed by atoms with Gasteiger partial charge < -0.3 is 14.6 Å². The Morgan fingerprint density at radius 2 is 1.67 bits per heavy atom. The first-order valence-corrected chi connectivity index (χ1v) is 7.08. The molecule has 0 aliphatic carbocycles. The Morgan fingerprint density at radius 3 is 2.21 bits per heavy atom. The van der Waals surface area contributed by atoms with Crippen LogP contribution >= 0.6 is 0 Å². The van der Waals surface area contributed by atoms with E-state index in [-0.39, 0.29) is 12.2 Å². The molecule has 1 aromatic heterocycles. The number of aromatic nitrogens is 1. The number of carbonyl (C=O) groups excluding carboxylic acids is 2. The van der Waals surface area contributed by atoms with Gasteiger partial charge >= 0.3 is 11.9 Å². The second kappa shape index (κ2) is 6.99. The molecule has 7 heteroatoms. The van der Waals surface area contributed by atoms with Gasteiger partial charge in [-0.2, -0.15) is 0 Å². The molecule has 0 bridgehead atoms. The van der Waals surface area contributed by atoms with Gasteiger partial charge in [0.1, 0.15) is 17.0 Å². The van der Waals surface area contributed by atoms with Crippen LogP contribution in [0.4, 0.5) is 0 Å². The third kappa shape index (κ3) is 3.29. The maximum absolute atomic E-state index is 12.3. The van der Waals surface area contributed by atoms with Crippen LogP contribution in [0.2, 0.25) is 0 Å². The zero-order valence-corrected chi connectivity index (χ0v) is 13.5. The molecule has 0 radical (unpaired) electrons. The number of hydrogen-bond acceptors (Lipinski definition) is 6. The lowest BCUT2D eigenvalue weighted by Gasteiger charge is -2.15. The average molecular weight is 331 g/mol. The number of methoxy groups -OCH3 is 2. The van der Waals surface area contributed by atoms with Crippen LogP contribution in [0.1, 0.15) is 32.0 Å². The molecular weight excluding hydrogens is 314 g/mol. The number of pyridine rings is 1. The van der Waals surface area contributed by atoms with Crippen molar-refractivity contribution in [1.82, 2.24) is 4.57 Å². The zero-order valence-electron chi connectivity index (χ0n) is 13.5. The number of hydrogen-bond donors (Lipinski definition) is 1. The van der Waals surface area contributed by atoms with Crippen molar-refractivity contribution in [3.8, 4) is 5.75 Å². The molecule has 1 aromatic carbocycles. The molecule has 126 valence electrons. The third-order valence-electron chi connectivity index (χ3n) is 3.52. The first kappa shape index (κ1) is 17.3. The molecule has 2 rings (SSSR count). The summed E-state index contributed by atoms with van der Waals surface area (Å²) >= 11 is 0. The summed E-state index contributed by atoms with van der Waals surface area (Å²) in [6.07, 6.45) is 0. The van der Waals surface area contributed by atoms with Crippen LogP contribution in [0.25, 0.3) is 0 Å². The maximum atomic E-state index is 12.3. The molecule has 0 unspecified atom stereocenters. The Balaban J connectivity index is 2.69. The molecule has 2 aromatic rings. The monoisotopic (exact) mass is 331 g/mol. The van der Waals surface area contributed by atoms with Crippen molar-refractivity contribution < 1.29 is 24.2 Å². The molecule has 0 atom stereocenters. The molecule has 0 spiro atoms. The van der Waals surface area contributed by atoms with Crippen molar-refractivity contribution in [2.45, 2.75) is 13.5 Å². The van der Waals surface area contributed by atoms with Gasteiger partial charge in [0.25, 0.3) is 5.56 Å². The number of ether oxygens (including phenoxy) is 2. The van der Waals surface area contributed by atoms with Crippen molar-refractivity contribution in [3.63, 3.8) is 0 Å². The molecule has 1 heterocycles. The van der Waals surface area contributed by atoms with Gasteiger partial charge in [-0.1, -0.05) is 29.8 Å². The average Bonchev–Trinajstić information content (AvgIpc) is 2.57. The van der Waals surface area contributed by atoms with Crippen molar-refractivity contribution in [1.29, 1.82) is 0 Å². The van der Waals surface area contributed by atoms with Crippen LogP contribution in [0.3, 0.4) is 0 Å². The van der Waals surface area contributed by atoms with Gasteiger partial charge in [-0.15, -0.1) is 0 Å². The number of aryl methyl sites for hydroxylation is 1. The minimum Gasteiger partial charge on any atom is -0.507 e. The number of aromatic hydroxyl groups is 1. The van der Waals surface area contributed by atoms with E-state index < -0.39 is 28.8 Å². The van der Waals surface area contributed by atoms with E-state index in [0.717, 1.165) is 36.0 Å². The Bertz CT molecular complexity index is 835. The highest BCUT2D eigenvalue weighted by molar-refractivity contribution is 6.03. The predicted octanol–water partition coefficient (Wildman–Crippen LogP) is 1.48. The minimum atomic E-state index is -0.939. The molecule has 7 nitrogen and oxygen atoms in total. The Kier molecular flexibility index (Phi) is 5.03. The standard InChI is InChI=1S/C17H17NO6/c1-10-4-6-11(7-5-10)9-18-13(20)8-12(19)14(16(21)23-2)15(18)17(22)24-3/h4-8,19H,9H2,1-3H3. The summed E-state index contributed by atoms with van der Waals surface area (Å²) in [5.41, 5.74) is 0.390. The SMILES string of the molecule is COC(=O)c1c(O)cc(=O)n(Cc2ccc(C)cc2)c1C(=O)OC. The number of benzene rings is 1. The summed E-state index contributed by atoms with van der Waals surface area (Å²) < 4.78 is 10.3. The van der Waals surface area contributed by atoms with Crippen molar-refractivity contribution in [2.24, 2.45) is 0 Å². The van der Waals surface area contributed by atoms with E-state index in [9.17, 15) is 19.5 Å². The summed E-state index contributed by atoms with van der Waals surface area (Å²) in [6.45, 7) is 1.96. The fourth-order valence-electron chi connectivity index (χ4n) is 2.28. The highest BCUT2D eigenvalue weighted by Gasteiger charge is 2.27.